The first-order valence-electron chi connectivity index (χ1n) is 33.3. The molecule has 0 aromatic heterocycles. The van der Waals surface area contributed by atoms with Crippen LogP contribution in [-0.4, -0.2) is 96.7 Å². The van der Waals surface area contributed by atoms with E-state index in [1.165, 1.54) is 116 Å². The molecular weight excluding hydrogens is 1100 g/mol. The maximum atomic E-state index is 13.0. The van der Waals surface area contributed by atoms with Gasteiger partial charge in [0.1, 0.15) is 19.3 Å². The number of unbranched alkanes of at least 4 members (excludes halogenated alkanes) is 30. The van der Waals surface area contributed by atoms with Crippen molar-refractivity contribution in [3.8, 4) is 0 Å². The van der Waals surface area contributed by atoms with Gasteiger partial charge in [0, 0.05) is 25.7 Å². The fourth-order valence-corrected chi connectivity index (χ4v) is 11.1. The third-order valence-electron chi connectivity index (χ3n) is 14.6. The Morgan fingerprint density at radius 3 is 0.819 bits per heavy atom. The molecule has 5 atom stereocenters. The number of aliphatic hydroxyl groups excluding tert-OH is 1. The molecule has 0 saturated heterocycles. The van der Waals surface area contributed by atoms with Gasteiger partial charge < -0.3 is 33.8 Å². The van der Waals surface area contributed by atoms with Gasteiger partial charge in [-0.25, -0.2) is 9.13 Å². The molecule has 0 aliphatic heterocycles. The summed E-state index contributed by atoms with van der Waals surface area (Å²) < 4.78 is 68.0. The molecule has 19 heteroatoms. The topological polar surface area (TPSA) is 237 Å². The summed E-state index contributed by atoms with van der Waals surface area (Å²) in [5.74, 6) is 0.0146. The van der Waals surface area contributed by atoms with Gasteiger partial charge >= 0.3 is 39.5 Å². The summed E-state index contributed by atoms with van der Waals surface area (Å²) in [5, 5.41) is 10.5. The number of ether oxygens (including phenoxy) is 4. The first-order chi connectivity index (χ1) is 39.7. The van der Waals surface area contributed by atoms with Gasteiger partial charge in [0.15, 0.2) is 12.2 Å². The molecule has 17 nitrogen and oxygen atoms in total. The maximum absolute atomic E-state index is 13.0. The molecule has 0 aromatic rings. The molecule has 0 bridgehead atoms. The number of carbonyl (C=O) groups is 4. The Kier molecular flexibility index (Phi) is 54.1. The number of phosphoric acid groups is 2. The van der Waals surface area contributed by atoms with Crippen molar-refractivity contribution in [2.24, 2.45) is 17.8 Å². The molecule has 0 saturated carbocycles. The van der Waals surface area contributed by atoms with Crippen LogP contribution in [0.2, 0.25) is 0 Å². The molecule has 3 N–H and O–H groups in total. The second kappa shape index (κ2) is 55.4. The molecule has 492 valence electrons. The average Bonchev–Trinajstić information content (AvgIpc) is 3.45. The maximum Gasteiger partial charge on any atom is 0.472 e. The number of aliphatic hydroxyl groups is 1. The number of phosphoric ester groups is 2. The lowest BCUT2D eigenvalue weighted by Crippen LogP contribution is -2.30. The van der Waals surface area contributed by atoms with Gasteiger partial charge in [-0.15, -0.1) is 0 Å². The Morgan fingerprint density at radius 2 is 0.554 bits per heavy atom. The van der Waals surface area contributed by atoms with Crippen LogP contribution in [0.15, 0.2) is 0 Å². The van der Waals surface area contributed by atoms with Crippen molar-refractivity contribution in [1.29, 1.82) is 0 Å². The molecule has 83 heavy (non-hydrogen) atoms. The second-order valence-electron chi connectivity index (χ2n) is 24.6. The molecule has 0 radical (unpaired) electrons. The van der Waals surface area contributed by atoms with Crippen LogP contribution in [0.5, 0.6) is 0 Å². The van der Waals surface area contributed by atoms with Gasteiger partial charge in [-0.3, -0.25) is 37.3 Å². The van der Waals surface area contributed by atoms with Crippen LogP contribution in [0.25, 0.3) is 0 Å². The minimum atomic E-state index is -4.94. The number of rotatable bonds is 62. The van der Waals surface area contributed by atoms with Crippen LogP contribution in [0.3, 0.4) is 0 Å². The second-order valence-corrected chi connectivity index (χ2v) is 27.5. The fourth-order valence-electron chi connectivity index (χ4n) is 9.48. The molecule has 2 unspecified atom stereocenters. The Balaban J connectivity index is 5.24. The molecule has 0 heterocycles. The van der Waals surface area contributed by atoms with Crippen LogP contribution in [-0.2, 0) is 65.4 Å². The summed E-state index contributed by atoms with van der Waals surface area (Å²) in [6.07, 6.45) is 36.3. The molecular formula is C64H124O17P2. The molecule has 0 spiro atoms. The van der Waals surface area contributed by atoms with Gasteiger partial charge in [0.05, 0.1) is 26.4 Å². The van der Waals surface area contributed by atoms with E-state index in [0.29, 0.717) is 37.5 Å². The van der Waals surface area contributed by atoms with Crippen molar-refractivity contribution >= 4 is 39.5 Å². The van der Waals surface area contributed by atoms with Crippen molar-refractivity contribution < 1.29 is 80.2 Å². The van der Waals surface area contributed by atoms with E-state index in [1.54, 1.807) is 0 Å². The predicted molar refractivity (Wildman–Crippen MR) is 331 cm³/mol. The van der Waals surface area contributed by atoms with Gasteiger partial charge in [-0.05, 0) is 43.4 Å². The Morgan fingerprint density at radius 1 is 0.325 bits per heavy atom. The first kappa shape index (κ1) is 81.1. The highest BCUT2D eigenvalue weighted by molar-refractivity contribution is 7.47. The predicted octanol–water partition coefficient (Wildman–Crippen LogP) is 17.5. The van der Waals surface area contributed by atoms with Gasteiger partial charge in [0.2, 0.25) is 0 Å². The number of hydrogen-bond donors (Lipinski definition) is 3. The van der Waals surface area contributed by atoms with Gasteiger partial charge in [-0.1, -0.05) is 260 Å². The van der Waals surface area contributed by atoms with Crippen LogP contribution in [0, 0.1) is 17.8 Å². The van der Waals surface area contributed by atoms with Crippen LogP contribution in [0.1, 0.15) is 312 Å². The third kappa shape index (κ3) is 58.8. The minimum absolute atomic E-state index is 0.103. The van der Waals surface area contributed by atoms with E-state index in [2.05, 4.69) is 48.5 Å². The molecule has 0 rings (SSSR count). The quantitative estimate of drug-likeness (QED) is 0.0222. The van der Waals surface area contributed by atoms with Crippen molar-refractivity contribution in [2.75, 3.05) is 39.6 Å². The van der Waals surface area contributed by atoms with E-state index in [4.69, 9.17) is 37.0 Å². The van der Waals surface area contributed by atoms with Gasteiger partial charge in [0.25, 0.3) is 0 Å². The van der Waals surface area contributed by atoms with Crippen LogP contribution < -0.4 is 0 Å². The van der Waals surface area contributed by atoms with Crippen LogP contribution in [0.4, 0.5) is 0 Å². The van der Waals surface area contributed by atoms with Crippen LogP contribution >= 0.6 is 15.6 Å². The number of hydrogen-bond acceptors (Lipinski definition) is 15. The standard InChI is InChI=1S/C64H124O17P2/c1-8-9-10-11-12-13-17-24-31-38-45-61(66)74-51-60(81-64(69)48-41-34-27-20-23-30-37-44-57(6)7)54-79-83(72,73)77-50-58(65)49-76-82(70,71)78-53-59(52-75-62(67)46-39-32-26-19-22-29-36-43-56(4)5)80-63(68)47-40-33-25-18-15-14-16-21-28-35-42-55(2)3/h55-60,65H,8-54H2,1-7H3,(H,70,71)(H,72,73)/t58-,59-,60-/m1/s1. The Bertz CT molecular complexity index is 1650. The van der Waals surface area contributed by atoms with Gasteiger partial charge in [-0.2, -0.15) is 0 Å². The first-order valence-corrected chi connectivity index (χ1v) is 36.3. The van der Waals surface area contributed by atoms with E-state index in [1.807, 2.05) is 0 Å². The summed E-state index contributed by atoms with van der Waals surface area (Å²) in [7, 11) is -9.89. The summed E-state index contributed by atoms with van der Waals surface area (Å²) in [6.45, 7) is 11.7. The normalized spacial score (nSPS) is 14.4. The highest BCUT2D eigenvalue weighted by Gasteiger charge is 2.30. The van der Waals surface area contributed by atoms with Crippen molar-refractivity contribution in [1.82, 2.24) is 0 Å². The van der Waals surface area contributed by atoms with Crippen molar-refractivity contribution in [2.45, 2.75) is 330 Å². The monoisotopic (exact) mass is 1230 g/mol. The molecule has 0 aliphatic rings. The summed E-state index contributed by atoms with van der Waals surface area (Å²) >= 11 is 0. The molecule has 0 amide bonds. The third-order valence-corrected chi connectivity index (χ3v) is 16.5. The highest BCUT2D eigenvalue weighted by atomic mass is 31.2. The molecule has 0 aliphatic carbocycles. The van der Waals surface area contributed by atoms with E-state index >= 15 is 0 Å². The fraction of sp³-hybridized carbons (Fsp3) is 0.938. The van der Waals surface area contributed by atoms with E-state index in [-0.39, 0.29) is 25.7 Å². The lowest BCUT2D eigenvalue weighted by Gasteiger charge is -2.21. The van der Waals surface area contributed by atoms with E-state index < -0.39 is 97.5 Å². The van der Waals surface area contributed by atoms with E-state index in [9.17, 15) is 43.2 Å². The van der Waals surface area contributed by atoms with E-state index in [0.717, 1.165) is 102 Å². The lowest BCUT2D eigenvalue weighted by atomic mass is 10.0. The summed E-state index contributed by atoms with van der Waals surface area (Å²) in [4.78, 5) is 72.2. The summed E-state index contributed by atoms with van der Waals surface area (Å²) in [6, 6.07) is 0. The lowest BCUT2D eigenvalue weighted by molar-refractivity contribution is -0.161. The van der Waals surface area contributed by atoms with Crippen molar-refractivity contribution in [3.05, 3.63) is 0 Å². The molecule has 0 fully saturated rings. The average molecular weight is 1230 g/mol. The number of esters is 4. The zero-order valence-corrected chi connectivity index (χ0v) is 55.4. The summed E-state index contributed by atoms with van der Waals surface area (Å²) in [5.41, 5.74) is 0. The largest absolute Gasteiger partial charge is 0.472 e. The zero-order chi connectivity index (χ0) is 61.7. The van der Waals surface area contributed by atoms with Crippen molar-refractivity contribution in [3.63, 3.8) is 0 Å². The molecule has 0 aromatic carbocycles. The zero-order valence-electron chi connectivity index (χ0n) is 53.6. The highest BCUT2D eigenvalue weighted by Crippen LogP contribution is 2.45. The smallest absolute Gasteiger partial charge is 0.462 e. The SMILES string of the molecule is CCCCCCCCCCCCC(=O)OC[C@H](COP(=O)(O)OC[C@H](O)COP(=O)(O)OC[C@@H](COC(=O)CCCCCCCCCC(C)C)OC(=O)CCCCCCCCCCCCC(C)C)OC(=O)CCCCCCCCCC(C)C. The Hall–Kier alpha value is -1.94. The number of carbonyl (C=O) groups excluding carboxylic acids is 4. The Labute approximate surface area is 505 Å². The minimum Gasteiger partial charge on any atom is -0.462 e.